The molecule has 0 unspecified atom stereocenters. The van der Waals surface area contributed by atoms with Gasteiger partial charge >= 0.3 is 0 Å². The molecule has 0 saturated heterocycles. The van der Waals surface area contributed by atoms with Crippen LogP contribution in [0.3, 0.4) is 0 Å². The lowest BCUT2D eigenvalue weighted by molar-refractivity contribution is 1.13. The standard InChI is InChI=1S/C23H21B/c1-14-4-6-17-12-19-8-16(3)9-20-13-18-7-5-15(2)11-22(18)24(23(19)20)21(17)10-14/h4-11H,12-13H2,1-3H3. The first-order valence-corrected chi connectivity index (χ1v) is 8.91. The lowest BCUT2D eigenvalue weighted by Crippen LogP contribution is -2.61. The Morgan fingerprint density at radius 1 is 0.583 bits per heavy atom. The zero-order valence-electron chi connectivity index (χ0n) is 14.6. The van der Waals surface area contributed by atoms with Crippen LogP contribution in [-0.2, 0) is 12.8 Å². The van der Waals surface area contributed by atoms with Gasteiger partial charge in [0, 0.05) is 0 Å². The van der Waals surface area contributed by atoms with E-state index in [4.69, 9.17) is 0 Å². The third-order valence-electron chi connectivity index (χ3n) is 5.77. The normalized spacial score (nSPS) is 14.0. The molecule has 0 radical (unpaired) electrons. The number of fused-ring (bicyclic) bond motifs is 4. The van der Waals surface area contributed by atoms with Gasteiger partial charge in [-0.3, -0.25) is 0 Å². The molecule has 0 saturated carbocycles. The molecule has 2 aliphatic rings. The zero-order chi connectivity index (χ0) is 16.4. The third kappa shape index (κ3) is 1.94. The first kappa shape index (κ1) is 14.1. The Morgan fingerprint density at radius 2 is 1.08 bits per heavy atom. The van der Waals surface area contributed by atoms with E-state index >= 15 is 0 Å². The van der Waals surface area contributed by atoms with Crippen molar-refractivity contribution in [1.29, 1.82) is 0 Å². The van der Waals surface area contributed by atoms with Gasteiger partial charge < -0.3 is 0 Å². The van der Waals surface area contributed by atoms with Crippen molar-refractivity contribution in [3.63, 3.8) is 0 Å². The largest absolute Gasteiger partial charge is 0.242 e. The SMILES string of the molecule is Cc1cc2c3c(c1)Cc1ccc(C)cc1B3c1cc(C)ccc1C2. The highest BCUT2D eigenvalue weighted by Crippen LogP contribution is 2.24. The van der Waals surface area contributed by atoms with E-state index in [0.717, 1.165) is 12.8 Å². The van der Waals surface area contributed by atoms with Crippen molar-refractivity contribution >= 4 is 23.1 Å². The maximum atomic E-state index is 2.42. The smallest absolute Gasteiger partial charge is 0.0649 e. The molecule has 0 spiro atoms. The van der Waals surface area contributed by atoms with Crippen LogP contribution in [0.5, 0.6) is 0 Å². The van der Waals surface area contributed by atoms with Crippen LogP contribution < -0.4 is 16.4 Å². The minimum Gasteiger partial charge on any atom is -0.0649 e. The van der Waals surface area contributed by atoms with Gasteiger partial charge in [-0.1, -0.05) is 81.6 Å². The molecule has 0 atom stereocenters. The highest BCUT2D eigenvalue weighted by atomic mass is 14.2. The zero-order valence-corrected chi connectivity index (χ0v) is 14.6. The maximum Gasteiger partial charge on any atom is 0.242 e. The fraction of sp³-hybridized carbons (Fsp3) is 0.217. The van der Waals surface area contributed by atoms with Crippen LogP contribution >= 0.6 is 0 Å². The van der Waals surface area contributed by atoms with Crippen LogP contribution in [0.25, 0.3) is 0 Å². The molecule has 3 aromatic carbocycles. The first-order chi connectivity index (χ1) is 11.6. The second kappa shape index (κ2) is 4.86. The van der Waals surface area contributed by atoms with Gasteiger partial charge in [-0.25, -0.2) is 0 Å². The third-order valence-corrected chi connectivity index (χ3v) is 5.77. The number of hydrogen-bond donors (Lipinski definition) is 0. The molecule has 5 rings (SSSR count). The summed E-state index contributed by atoms with van der Waals surface area (Å²) in [6.45, 7) is 7.08. The van der Waals surface area contributed by atoms with Crippen molar-refractivity contribution in [1.82, 2.24) is 0 Å². The van der Waals surface area contributed by atoms with Crippen LogP contribution in [0, 0.1) is 20.8 Å². The fourth-order valence-electron chi connectivity index (χ4n) is 4.79. The van der Waals surface area contributed by atoms with Gasteiger partial charge in [0.15, 0.2) is 0 Å². The number of benzene rings is 3. The first-order valence-electron chi connectivity index (χ1n) is 8.91. The Bertz CT molecular complexity index is 920. The monoisotopic (exact) mass is 308 g/mol. The van der Waals surface area contributed by atoms with Gasteiger partial charge in [0.05, 0.1) is 0 Å². The van der Waals surface area contributed by atoms with Crippen molar-refractivity contribution in [2.24, 2.45) is 0 Å². The Hall–Kier alpha value is -2.28. The van der Waals surface area contributed by atoms with E-state index in [2.05, 4.69) is 69.3 Å². The summed E-state index contributed by atoms with van der Waals surface area (Å²) in [6.07, 6.45) is 2.16. The van der Waals surface area contributed by atoms with E-state index in [1.165, 1.54) is 38.7 Å². The summed E-state index contributed by atoms with van der Waals surface area (Å²) < 4.78 is 0. The summed E-state index contributed by atoms with van der Waals surface area (Å²) >= 11 is 0. The molecule has 0 N–H and O–H groups in total. The van der Waals surface area contributed by atoms with Gasteiger partial charge in [0.1, 0.15) is 0 Å². The van der Waals surface area contributed by atoms with Crippen molar-refractivity contribution < 1.29 is 0 Å². The van der Waals surface area contributed by atoms with E-state index in [9.17, 15) is 0 Å². The highest BCUT2D eigenvalue weighted by Gasteiger charge is 2.36. The van der Waals surface area contributed by atoms with Gasteiger partial charge in [0.2, 0.25) is 6.71 Å². The van der Waals surface area contributed by atoms with E-state index in [1.54, 1.807) is 16.6 Å². The molecule has 3 aromatic rings. The summed E-state index contributed by atoms with van der Waals surface area (Å²) in [5.74, 6) is 0. The van der Waals surface area contributed by atoms with E-state index in [1.807, 2.05) is 0 Å². The molecule has 0 aliphatic carbocycles. The summed E-state index contributed by atoms with van der Waals surface area (Å²) in [5, 5.41) is 0. The van der Waals surface area contributed by atoms with Gasteiger partial charge in [0.25, 0.3) is 0 Å². The van der Waals surface area contributed by atoms with Crippen molar-refractivity contribution in [3.8, 4) is 0 Å². The minimum absolute atomic E-state index is 0.419. The van der Waals surface area contributed by atoms with E-state index < -0.39 is 0 Å². The molecule has 2 heterocycles. The van der Waals surface area contributed by atoms with Crippen molar-refractivity contribution in [2.75, 3.05) is 0 Å². The molecular weight excluding hydrogens is 287 g/mol. The van der Waals surface area contributed by atoms with E-state index in [0.29, 0.717) is 6.71 Å². The van der Waals surface area contributed by atoms with Crippen LogP contribution in [0.2, 0.25) is 0 Å². The highest BCUT2D eigenvalue weighted by molar-refractivity contribution is 6.97. The van der Waals surface area contributed by atoms with E-state index in [-0.39, 0.29) is 0 Å². The Morgan fingerprint density at radius 3 is 1.58 bits per heavy atom. The topological polar surface area (TPSA) is 0 Å². The molecule has 2 aliphatic heterocycles. The van der Waals surface area contributed by atoms with Gasteiger partial charge in [-0.15, -0.1) is 0 Å². The predicted molar refractivity (Wildman–Crippen MR) is 104 cm³/mol. The van der Waals surface area contributed by atoms with Gasteiger partial charge in [-0.2, -0.15) is 0 Å². The molecule has 0 aromatic heterocycles. The average molecular weight is 308 g/mol. The number of rotatable bonds is 0. The Labute approximate surface area is 144 Å². The maximum absolute atomic E-state index is 2.42. The second-order valence-corrected chi connectivity index (χ2v) is 7.69. The fourth-order valence-corrected chi connectivity index (χ4v) is 4.79. The second-order valence-electron chi connectivity index (χ2n) is 7.69. The average Bonchev–Trinajstić information content (AvgIpc) is 2.55. The van der Waals surface area contributed by atoms with Crippen LogP contribution in [0.4, 0.5) is 0 Å². The van der Waals surface area contributed by atoms with Crippen LogP contribution in [0.15, 0.2) is 48.5 Å². The lowest BCUT2D eigenvalue weighted by atomic mass is 9.30. The molecule has 1 heteroatoms. The molecule has 116 valence electrons. The van der Waals surface area contributed by atoms with Crippen LogP contribution in [0.1, 0.15) is 38.9 Å². The number of aryl methyl sites for hydroxylation is 3. The molecule has 0 nitrogen and oxygen atoms in total. The molecule has 24 heavy (non-hydrogen) atoms. The number of hydrogen-bond acceptors (Lipinski definition) is 0. The van der Waals surface area contributed by atoms with Gasteiger partial charge in [-0.05, 0) is 55.9 Å². The quantitative estimate of drug-likeness (QED) is 0.386. The van der Waals surface area contributed by atoms with Crippen LogP contribution in [-0.4, -0.2) is 6.71 Å². The Kier molecular flexibility index (Phi) is 2.86. The van der Waals surface area contributed by atoms with Crippen molar-refractivity contribution in [2.45, 2.75) is 33.6 Å². The molecule has 0 amide bonds. The van der Waals surface area contributed by atoms with Crippen molar-refractivity contribution in [3.05, 3.63) is 87.5 Å². The summed E-state index contributed by atoms with van der Waals surface area (Å²) in [7, 11) is 0. The summed E-state index contributed by atoms with van der Waals surface area (Å²) in [4.78, 5) is 0. The molecule has 0 fully saturated rings. The summed E-state index contributed by atoms with van der Waals surface area (Å²) in [6, 6.07) is 18.9. The minimum atomic E-state index is 0.419. The lowest BCUT2D eigenvalue weighted by Gasteiger charge is -2.34. The summed E-state index contributed by atoms with van der Waals surface area (Å²) in [5.41, 5.74) is 14.9. The predicted octanol–water partition coefficient (Wildman–Crippen LogP) is 2.94. The molecule has 0 bridgehead atoms. The molecular formula is C23H21B. The Balaban J connectivity index is 1.87.